The first-order valence-electron chi connectivity index (χ1n) is 4.64. The molecule has 1 atom stereocenters. The summed E-state index contributed by atoms with van der Waals surface area (Å²) in [6, 6.07) is 4.91. The molecule has 0 aliphatic rings. The van der Waals surface area contributed by atoms with Gasteiger partial charge in [0.05, 0.1) is 10.5 Å². The average Bonchev–Trinajstić information content (AvgIpc) is 2.30. The predicted molar refractivity (Wildman–Crippen MR) is 64.1 cm³/mol. The monoisotopic (exact) mass is 320 g/mol. The molecule has 0 bridgehead atoms. The fourth-order valence-corrected chi connectivity index (χ4v) is 2.99. The summed E-state index contributed by atoms with van der Waals surface area (Å²) < 4.78 is 38.6. The van der Waals surface area contributed by atoms with Crippen molar-refractivity contribution in [3.8, 4) is 6.07 Å². The molecule has 92 valence electrons. The average molecular weight is 321 g/mol. The number of rotatable bonds is 3. The molecule has 0 N–H and O–H groups in total. The Morgan fingerprint density at radius 1 is 1.53 bits per heavy atom. The van der Waals surface area contributed by atoms with Crippen molar-refractivity contribution in [2.24, 2.45) is 0 Å². The molecule has 1 aromatic rings. The Labute approximate surface area is 108 Å². The molecule has 0 aliphatic carbocycles. The highest BCUT2D eigenvalue weighted by atomic mass is 79.9. The van der Waals surface area contributed by atoms with Gasteiger partial charge in [0.1, 0.15) is 10.9 Å². The van der Waals surface area contributed by atoms with Crippen molar-refractivity contribution >= 4 is 26.0 Å². The van der Waals surface area contributed by atoms with E-state index in [-0.39, 0.29) is 4.47 Å². The SMILES string of the molecule is C[C@@H](C#N)N(C)S(=O)(=O)c1cccc(Br)c1F. The summed E-state index contributed by atoms with van der Waals surface area (Å²) in [5.41, 5.74) is 0. The highest BCUT2D eigenvalue weighted by Crippen LogP contribution is 2.25. The van der Waals surface area contributed by atoms with Gasteiger partial charge in [-0.25, -0.2) is 12.8 Å². The van der Waals surface area contributed by atoms with E-state index in [9.17, 15) is 12.8 Å². The smallest absolute Gasteiger partial charge is 0.207 e. The lowest BCUT2D eigenvalue weighted by Crippen LogP contribution is -2.34. The van der Waals surface area contributed by atoms with Crippen LogP contribution in [-0.4, -0.2) is 25.8 Å². The zero-order valence-corrected chi connectivity index (χ0v) is 11.6. The second-order valence-electron chi connectivity index (χ2n) is 3.38. The molecule has 0 aromatic heterocycles. The summed E-state index contributed by atoms with van der Waals surface area (Å²) in [5.74, 6) is -0.857. The van der Waals surface area contributed by atoms with E-state index >= 15 is 0 Å². The van der Waals surface area contributed by atoms with Crippen LogP contribution in [0, 0.1) is 17.1 Å². The maximum atomic E-state index is 13.7. The summed E-state index contributed by atoms with van der Waals surface area (Å²) in [6.07, 6.45) is 0. The molecule has 7 heteroatoms. The van der Waals surface area contributed by atoms with Crippen LogP contribution in [0.3, 0.4) is 0 Å². The van der Waals surface area contributed by atoms with Gasteiger partial charge in [-0.3, -0.25) is 0 Å². The molecule has 0 spiro atoms. The molecule has 17 heavy (non-hydrogen) atoms. The van der Waals surface area contributed by atoms with Gasteiger partial charge in [0.15, 0.2) is 5.82 Å². The Morgan fingerprint density at radius 2 is 2.12 bits per heavy atom. The lowest BCUT2D eigenvalue weighted by Gasteiger charge is -2.19. The van der Waals surface area contributed by atoms with Crippen LogP contribution in [0.15, 0.2) is 27.6 Å². The van der Waals surface area contributed by atoms with Crippen LogP contribution in [-0.2, 0) is 10.0 Å². The van der Waals surface area contributed by atoms with E-state index in [1.165, 1.54) is 26.1 Å². The highest BCUT2D eigenvalue weighted by molar-refractivity contribution is 9.10. The van der Waals surface area contributed by atoms with Crippen LogP contribution in [0.1, 0.15) is 6.92 Å². The highest BCUT2D eigenvalue weighted by Gasteiger charge is 2.28. The van der Waals surface area contributed by atoms with Gasteiger partial charge in [-0.1, -0.05) is 6.07 Å². The van der Waals surface area contributed by atoms with E-state index in [2.05, 4.69) is 15.9 Å². The van der Waals surface area contributed by atoms with Crippen molar-refractivity contribution in [2.75, 3.05) is 7.05 Å². The number of hydrogen-bond acceptors (Lipinski definition) is 3. The topological polar surface area (TPSA) is 61.2 Å². The molecule has 0 saturated heterocycles. The van der Waals surface area contributed by atoms with Crippen LogP contribution in [0.5, 0.6) is 0 Å². The third kappa shape index (κ3) is 2.65. The largest absolute Gasteiger partial charge is 0.246 e. The molecule has 0 amide bonds. The molecule has 1 rings (SSSR count). The molecule has 0 saturated carbocycles. The van der Waals surface area contributed by atoms with Crippen molar-refractivity contribution in [1.82, 2.24) is 4.31 Å². The fraction of sp³-hybridized carbons (Fsp3) is 0.300. The van der Waals surface area contributed by atoms with Crippen LogP contribution in [0.4, 0.5) is 4.39 Å². The standard InChI is InChI=1S/C10H10BrFN2O2S/c1-7(6-13)14(2)17(15,16)9-5-3-4-8(11)10(9)12/h3-5,7H,1-2H3/t7-/m0/s1. The molecular weight excluding hydrogens is 311 g/mol. The Balaban J connectivity index is 3.33. The Bertz CT molecular complexity index is 568. The van der Waals surface area contributed by atoms with Crippen LogP contribution >= 0.6 is 15.9 Å². The van der Waals surface area contributed by atoms with Crippen LogP contribution in [0.25, 0.3) is 0 Å². The van der Waals surface area contributed by atoms with Gasteiger partial charge in [0, 0.05) is 7.05 Å². The Kier molecular flexibility index (Phi) is 4.25. The number of benzene rings is 1. The molecular formula is C10H10BrFN2O2S. The first-order valence-corrected chi connectivity index (χ1v) is 6.87. The molecule has 0 heterocycles. The van der Waals surface area contributed by atoms with E-state index < -0.39 is 26.8 Å². The van der Waals surface area contributed by atoms with E-state index in [0.29, 0.717) is 0 Å². The Morgan fingerprint density at radius 3 is 2.65 bits per heavy atom. The second-order valence-corrected chi connectivity index (χ2v) is 6.20. The van der Waals surface area contributed by atoms with Crippen molar-refractivity contribution < 1.29 is 12.8 Å². The number of halogens is 2. The van der Waals surface area contributed by atoms with E-state index in [1.807, 2.05) is 0 Å². The van der Waals surface area contributed by atoms with Gasteiger partial charge in [-0.2, -0.15) is 9.57 Å². The normalized spacial score (nSPS) is 13.4. The minimum Gasteiger partial charge on any atom is -0.207 e. The van der Waals surface area contributed by atoms with Crippen molar-refractivity contribution in [3.63, 3.8) is 0 Å². The first kappa shape index (κ1) is 14.1. The number of nitriles is 1. The minimum absolute atomic E-state index is 0.0663. The zero-order chi connectivity index (χ0) is 13.2. The van der Waals surface area contributed by atoms with Gasteiger partial charge in [-0.05, 0) is 35.0 Å². The molecule has 0 unspecified atom stereocenters. The summed E-state index contributed by atoms with van der Waals surface area (Å²) >= 11 is 2.92. The first-order chi connectivity index (χ1) is 7.82. The van der Waals surface area contributed by atoms with Gasteiger partial charge in [-0.15, -0.1) is 0 Å². The van der Waals surface area contributed by atoms with Crippen LogP contribution < -0.4 is 0 Å². The fourth-order valence-electron chi connectivity index (χ4n) is 1.13. The van der Waals surface area contributed by atoms with Gasteiger partial charge in [0.25, 0.3) is 0 Å². The van der Waals surface area contributed by atoms with Crippen LogP contribution in [0.2, 0.25) is 0 Å². The summed E-state index contributed by atoms with van der Waals surface area (Å²) in [4.78, 5) is -0.448. The summed E-state index contributed by atoms with van der Waals surface area (Å²) in [7, 11) is -2.76. The Hall–Kier alpha value is -0.970. The van der Waals surface area contributed by atoms with Crippen molar-refractivity contribution in [2.45, 2.75) is 17.9 Å². The lowest BCUT2D eigenvalue weighted by atomic mass is 10.3. The van der Waals surface area contributed by atoms with Gasteiger partial charge < -0.3 is 0 Å². The predicted octanol–water partition coefficient (Wildman–Crippen LogP) is 2.12. The maximum absolute atomic E-state index is 13.7. The van der Waals surface area contributed by atoms with Crippen molar-refractivity contribution in [3.05, 3.63) is 28.5 Å². The minimum atomic E-state index is -4.00. The third-order valence-corrected chi connectivity index (χ3v) is 4.86. The second kappa shape index (κ2) is 5.12. The third-order valence-electron chi connectivity index (χ3n) is 2.31. The van der Waals surface area contributed by atoms with Crippen molar-refractivity contribution in [1.29, 1.82) is 5.26 Å². The lowest BCUT2D eigenvalue weighted by molar-refractivity contribution is 0.436. The molecule has 0 radical (unpaired) electrons. The molecule has 0 aliphatic heterocycles. The van der Waals surface area contributed by atoms with Gasteiger partial charge >= 0.3 is 0 Å². The summed E-state index contributed by atoms with van der Waals surface area (Å²) in [6.45, 7) is 1.42. The maximum Gasteiger partial charge on any atom is 0.246 e. The zero-order valence-electron chi connectivity index (χ0n) is 9.18. The molecule has 0 fully saturated rings. The number of nitrogens with zero attached hydrogens (tertiary/aromatic N) is 2. The molecule has 4 nitrogen and oxygen atoms in total. The van der Waals surface area contributed by atoms with E-state index in [1.54, 1.807) is 6.07 Å². The van der Waals surface area contributed by atoms with E-state index in [4.69, 9.17) is 5.26 Å². The quantitative estimate of drug-likeness (QED) is 0.857. The summed E-state index contributed by atoms with van der Waals surface area (Å²) in [5, 5.41) is 8.68. The van der Waals surface area contributed by atoms with Gasteiger partial charge in [0.2, 0.25) is 10.0 Å². The number of hydrogen-bond donors (Lipinski definition) is 0. The number of sulfonamides is 1. The van der Waals surface area contributed by atoms with E-state index in [0.717, 1.165) is 10.4 Å². The molecule has 1 aromatic carbocycles.